The topological polar surface area (TPSA) is 62.2 Å². The molecule has 2 rings (SSSR count). The van der Waals surface area contributed by atoms with Gasteiger partial charge in [0, 0.05) is 4.88 Å². The van der Waals surface area contributed by atoms with Crippen molar-refractivity contribution in [2.75, 3.05) is 0 Å². The number of rotatable bonds is 3. The molecule has 18 heavy (non-hydrogen) atoms. The second kappa shape index (κ2) is 5.18. The van der Waals surface area contributed by atoms with Crippen molar-refractivity contribution in [1.82, 2.24) is 10.3 Å². The lowest BCUT2D eigenvalue weighted by Gasteiger charge is -2.04. The van der Waals surface area contributed by atoms with Gasteiger partial charge < -0.3 is 10.4 Å². The van der Waals surface area contributed by atoms with Crippen molar-refractivity contribution in [3.05, 3.63) is 45.4 Å². The summed E-state index contributed by atoms with van der Waals surface area (Å²) in [6.45, 7) is 4.33. The van der Waals surface area contributed by atoms with Crippen LogP contribution in [0.25, 0.3) is 0 Å². The number of aromatic nitrogens is 1. The molecular formula is C13H14N2O2S. The van der Waals surface area contributed by atoms with Crippen LogP contribution in [0.5, 0.6) is 5.75 Å². The second-order valence-electron chi connectivity index (χ2n) is 3.95. The molecule has 1 aromatic heterocycles. The molecule has 0 atom stereocenters. The van der Waals surface area contributed by atoms with E-state index in [9.17, 15) is 9.90 Å². The van der Waals surface area contributed by atoms with Crippen molar-refractivity contribution >= 4 is 17.2 Å². The van der Waals surface area contributed by atoms with Gasteiger partial charge in [-0.3, -0.25) is 4.79 Å². The first kappa shape index (κ1) is 12.6. The molecule has 0 unspecified atom stereocenters. The number of amides is 1. The number of para-hydroxylation sites is 1. The molecule has 0 radical (unpaired) electrons. The Morgan fingerprint density at radius 1 is 1.39 bits per heavy atom. The number of hydrogen-bond acceptors (Lipinski definition) is 4. The summed E-state index contributed by atoms with van der Waals surface area (Å²) in [6.07, 6.45) is 0. The molecule has 0 spiro atoms. The average Bonchev–Trinajstić information content (AvgIpc) is 2.66. The predicted molar refractivity (Wildman–Crippen MR) is 70.9 cm³/mol. The number of hydrogen-bond donors (Lipinski definition) is 2. The number of phenolic OH excluding ortho intramolecular Hbond substituents is 1. The fourth-order valence-electron chi connectivity index (χ4n) is 1.53. The fourth-order valence-corrected chi connectivity index (χ4v) is 2.41. The Bertz CT molecular complexity index is 559. The molecule has 0 aliphatic carbocycles. The summed E-state index contributed by atoms with van der Waals surface area (Å²) in [5.74, 6) is -0.305. The highest BCUT2D eigenvalue weighted by molar-refractivity contribution is 7.11. The van der Waals surface area contributed by atoms with Crippen molar-refractivity contribution in [3.63, 3.8) is 0 Å². The molecule has 5 heteroatoms. The van der Waals surface area contributed by atoms with Crippen LogP contribution in [0.4, 0.5) is 0 Å². The Kier molecular flexibility index (Phi) is 3.62. The summed E-state index contributed by atoms with van der Waals surface area (Å²) >= 11 is 1.57. The zero-order chi connectivity index (χ0) is 13.1. The SMILES string of the molecule is Cc1nc(CNC(=O)c2ccccc2O)sc1C. The lowest BCUT2D eigenvalue weighted by Crippen LogP contribution is -2.22. The molecule has 4 nitrogen and oxygen atoms in total. The van der Waals surface area contributed by atoms with E-state index in [0.29, 0.717) is 6.54 Å². The molecule has 1 amide bonds. The predicted octanol–water partition coefficient (Wildman–Crippen LogP) is 2.40. The first-order valence-corrected chi connectivity index (χ1v) is 6.38. The maximum absolute atomic E-state index is 11.8. The summed E-state index contributed by atoms with van der Waals surface area (Å²) in [5, 5.41) is 13.2. The van der Waals surface area contributed by atoms with Crippen LogP contribution in [-0.2, 0) is 6.54 Å². The number of thiazole rings is 1. The molecule has 1 heterocycles. The van der Waals surface area contributed by atoms with Crippen LogP contribution < -0.4 is 5.32 Å². The van der Waals surface area contributed by atoms with E-state index < -0.39 is 0 Å². The molecule has 2 aromatic rings. The van der Waals surface area contributed by atoms with Crippen molar-refractivity contribution in [1.29, 1.82) is 0 Å². The summed E-state index contributed by atoms with van der Waals surface area (Å²) in [4.78, 5) is 17.3. The number of aromatic hydroxyl groups is 1. The van der Waals surface area contributed by atoms with Gasteiger partial charge in [0.2, 0.25) is 0 Å². The van der Waals surface area contributed by atoms with Gasteiger partial charge in [-0.05, 0) is 26.0 Å². The van der Waals surface area contributed by atoms with Gasteiger partial charge in [0.05, 0.1) is 17.8 Å². The summed E-state index contributed by atoms with van der Waals surface area (Å²) in [6, 6.07) is 6.47. The van der Waals surface area contributed by atoms with Gasteiger partial charge in [-0.1, -0.05) is 12.1 Å². The van der Waals surface area contributed by atoms with E-state index in [1.807, 2.05) is 13.8 Å². The number of benzene rings is 1. The Labute approximate surface area is 109 Å². The minimum absolute atomic E-state index is 0.0125. The first-order chi connectivity index (χ1) is 8.58. The summed E-state index contributed by atoms with van der Waals surface area (Å²) < 4.78 is 0. The third kappa shape index (κ3) is 2.68. The largest absolute Gasteiger partial charge is 0.507 e. The lowest BCUT2D eigenvalue weighted by atomic mass is 10.2. The number of aryl methyl sites for hydroxylation is 2. The van der Waals surface area contributed by atoms with Gasteiger partial charge in [-0.2, -0.15) is 0 Å². The van der Waals surface area contributed by atoms with E-state index in [0.717, 1.165) is 15.6 Å². The van der Waals surface area contributed by atoms with Crippen LogP contribution in [0.2, 0.25) is 0 Å². The second-order valence-corrected chi connectivity index (χ2v) is 5.24. The van der Waals surface area contributed by atoms with Gasteiger partial charge in [0.1, 0.15) is 10.8 Å². The Morgan fingerprint density at radius 2 is 2.11 bits per heavy atom. The summed E-state index contributed by atoms with van der Waals surface area (Å²) in [7, 11) is 0. The van der Waals surface area contributed by atoms with Crippen LogP contribution in [0.15, 0.2) is 24.3 Å². The molecule has 0 bridgehead atoms. The van der Waals surface area contributed by atoms with Gasteiger partial charge in [0.15, 0.2) is 0 Å². The van der Waals surface area contributed by atoms with Crippen molar-refractivity contribution < 1.29 is 9.90 Å². The van der Waals surface area contributed by atoms with Gasteiger partial charge in [-0.15, -0.1) is 11.3 Å². The molecule has 94 valence electrons. The Morgan fingerprint density at radius 3 is 2.72 bits per heavy atom. The summed E-state index contributed by atoms with van der Waals surface area (Å²) in [5.41, 5.74) is 1.27. The third-order valence-electron chi connectivity index (χ3n) is 2.62. The van der Waals surface area contributed by atoms with Crippen molar-refractivity contribution in [3.8, 4) is 5.75 Å². The molecule has 0 saturated carbocycles. The number of phenols is 1. The van der Waals surface area contributed by atoms with E-state index in [1.54, 1.807) is 29.5 Å². The third-order valence-corrected chi connectivity index (χ3v) is 3.69. The standard InChI is InChI=1S/C13H14N2O2S/c1-8-9(2)18-12(15-8)7-14-13(17)10-5-3-4-6-11(10)16/h3-6,16H,7H2,1-2H3,(H,14,17). The first-order valence-electron chi connectivity index (χ1n) is 5.57. The number of nitrogens with zero attached hydrogens (tertiary/aromatic N) is 1. The van der Waals surface area contributed by atoms with Crippen LogP contribution >= 0.6 is 11.3 Å². The van der Waals surface area contributed by atoms with Crippen LogP contribution in [0.1, 0.15) is 25.9 Å². The number of carbonyl (C=O) groups is 1. The maximum atomic E-state index is 11.8. The molecule has 0 fully saturated rings. The lowest BCUT2D eigenvalue weighted by molar-refractivity contribution is 0.0948. The van der Waals surface area contributed by atoms with Crippen LogP contribution in [0.3, 0.4) is 0 Å². The molecule has 2 N–H and O–H groups in total. The molecule has 1 aromatic carbocycles. The average molecular weight is 262 g/mol. The smallest absolute Gasteiger partial charge is 0.255 e. The van der Waals surface area contributed by atoms with E-state index in [4.69, 9.17) is 0 Å². The highest BCUT2D eigenvalue weighted by atomic mass is 32.1. The normalized spacial score (nSPS) is 10.3. The Balaban J connectivity index is 2.03. The highest BCUT2D eigenvalue weighted by Crippen LogP contribution is 2.17. The molecule has 0 aliphatic heterocycles. The van der Waals surface area contributed by atoms with Crippen molar-refractivity contribution in [2.24, 2.45) is 0 Å². The quantitative estimate of drug-likeness (QED) is 0.892. The highest BCUT2D eigenvalue weighted by Gasteiger charge is 2.11. The van der Waals surface area contributed by atoms with Crippen LogP contribution in [-0.4, -0.2) is 16.0 Å². The van der Waals surface area contributed by atoms with E-state index >= 15 is 0 Å². The van der Waals surface area contributed by atoms with Crippen LogP contribution in [0, 0.1) is 13.8 Å². The minimum atomic E-state index is -0.293. The van der Waals surface area contributed by atoms with Gasteiger partial charge in [0.25, 0.3) is 5.91 Å². The minimum Gasteiger partial charge on any atom is -0.507 e. The molecular weight excluding hydrogens is 248 g/mol. The van der Waals surface area contributed by atoms with E-state index in [-0.39, 0.29) is 17.2 Å². The number of carbonyl (C=O) groups excluding carboxylic acids is 1. The van der Waals surface area contributed by atoms with Crippen molar-refractivity contribution in [2.45, 2.75) is 20.4 Å². The number of nitrogens with one attached hydrogen (secondary N) is 1. The zero-order valence-electron chi connectivity index (χ0n) is 10.2. The van der Waals surface area contributed by atoms with Gasteiger partial charge >= 0.3 is 0 Å². The van der Waals surface area contributed by atoms with Gasteiger partial charge in [-0.25, -0.2) is 4.98 Å². The van der Waals surface area contributed by atoms with E-state index in [1.165, 1.54) is 6.07 Å². The maximum Gasteiger partial charge on any atom is 0.255 e. The fraction of sp³-hybridized carbons (Fsp3) is 0.231. The molecule has 0 aliphatic rings. The zero-order valence-corrected chi connectivity index (χ0v) is 11.0. The monoisotopic (exact) mass is 262 g/mol. The molecule has 0 saturated heterocycles. The van der Waals surface area contributed by atoms with E-state index in [2.05, 4.69) is 10.3 Å². The Hall–Kier alpha value is -1.88.